The summed E-state index contributed by atoms with van der Waals surface area (Å²) >= 11 is 1.61. The van der Waals surface area contributed by atoms with Gasteiger partial charge in [-0.1, -0.05) is 12.1 Å². The van der Waals surface area contributed by atoms with Crippen molar-refractivity contribution in [2.45, 2.75) is 37.4 Å². The number of aliphatic hydroxyl groups is 2. The van der Waals surface area contributed by atoms with E-state index in [0.717, 1.165) is 12.5 Å². The summed E-state index contributed by atoms with van der Waals surface area (Å²) in [6.45, 7) is -0.691. The molecule has 0 unspecified atom stereocenters. The monoisotopic (exact) mass is 439 g/mol. The van der Waals surface area contributed by atoms with Gasteiger partial charge in [0.05, 0.1) is 30.9 Å². The van der Waals surface area contributed by atoms with E-state index in [-0.39, 0.29) is 37.6 Å². The van der Waals surface area contributed by atoms with E-state index in [1.165, 1.54) is 10.9 Å². The number of ether oxygens (including phenoxy) is 1. The van der Waals surface area contributed by atoms with E-state index >= 15 is 0 Å². The van der Waals surface area contributed by atoms with Crippen molar-refractivity contribution in [3.63, 3.8) is 0 Å². The minimum atomic E-state index is -4.53. The van der Waals surface area contributed by atoms with E-state index in [2.05, 4.69) is 0 Å². The first kappa shape index (κ1) is 24.7. The summed E-state index contributed by atoms with van der Waals surface area (Å²) in [4.78, 5) is 1.17. The summed E-state index contributed by atoms with van der Waals surface area (Å²) in [6, 6.07) is 7.84. The van der Waals surface area contributed by atoms with Crippen molar-refractivity contribution >= 4 is 23.7 Å². The third-order valence-corrected chi connectivity index (χ3v) is 5.23. The number of aryl methyl sites for hydroxylation is 2. The maximum atomic E-state index is 13.4. The number of hydrogen-bond donors (Lipinski definition) is 3. The number of hydrogen-bond acceptors (Lipinski definition) is 5. The van der Waals surface area contributed by atoms with Crippen LogP contribution in [0.3, 0.4) is 0 Å². The smallest absolute Gasteiger partial charge is 0.419 e. The van der Waals surface area contributed by atoms with Crippen LogP contribution < -0.4 is 10.5 Å². The Morgan fingerprint density at radius 3 is 2.36 bits per heavy atom. The van der Waals surface area contributed by atoms with Crippen LogP contribution in [-0.4, -0.2) is 35.6 Å². The van der Waals surface area contributed by atoms with Crippen molar-refractivity contribution in [1.82, 2.24) is 0 Å². The lowest BCUT2D eigenvalue weighted by Crippen LogP contribution is -2.47. The Morgan fingerprint density at radius 1 is 1.07 bits per heavy atom. The molecule has 0 atom stereocenters. The number of nitrogens with two attached hydrogens (primary N) is 1. The second-order valence-electron chi connectivity index (χ2n) is 6.54. The van der Waals surface area contributed by atoms with Crippen LogP contribution >= 0.6 is 23.7 Å². The molecule has 1 aromatic heterocycles. The Kier molecular flexibility index (Phi) is 9.73. The molecule has 4 N–H and O–H groups in total. The second kappa shape index (κ2) is 11.0. The summed E-state index contributed by atoms with van der Waals surface area (Å²) in [5.74, 6) is -0.194. The Labute approximate surface area is 172 Å². The molecule has 0 saturated carbocycles. The van der Waals surface area contributed by atoms with Crippen molar-refractivity contribution in [1.29, 1.82) is 0 Å². The van der Waals surface area contributed by atoms with Crippen molar-refractivity contribution < 1.29 is 28.1 Å². The Bertz CT molecular complexity index is 707. The van der Waals surface area contributed by atoms with E-state index in [1.54, 1.807) is 17.4 Å². The lowest BCUT2D eigenvalue weighted by molar-refractivity contribution is -0.139. The minimum absolute atomic E-state index is 0. The van der Waals surface area contributed by atoms with Crippen molar-refractivity contribution in [2.24, 2.45) is 5.73 Å². The highest BCUT2D eigenvalue weighted by atomic mass is 35.5. The van der Waals surface area contributed by atoms with Gasteiger partial charge in [-0.05, 0) is 54.8 Å². The zero-order valence-corrected chi connectivity index (χ0v) is 16.9. The first-order valence-corrected chi connectivity index (χ1v) is 9.51. The van der Waals surface area contributed by atoms with Gasteiger partial charge in [0.1, 0.15) is 5.75 Å². The van der Waals surface area contributed by atoms with Crippen LogP contribution in [0.2, 0.25) is 0 Å². The molecule has 0 amide bonds. The normalized spacial score (nSPS) is 11.9. The Morgan fingerprint density at radius 2 is 1.79 bits per heavy atom. The SMILES string of the molecule is Cl.NC(CO)(CO)CCc1ccc(OCCCc2cccs2)c(C(F)(F)F)c1. The lowest BCUT2D eigenvalue weighted by atomic mass is 9.93. The third-order valence-electron chi connectivity index (χ3n) is 4.30. The molecule has 0 bridgehead atoms. The van der Waals surface area contributed by atoms with Crippen LogP contribution in [0.15, 0.2) is 35.7 Å². The number of aliphatic hydroxyl groups excluding tert-OH is 2. The molecular formula is C19H25ClF3NO3S. The predicted molar refractivity (Wildman–Crippen MR) is 106 cm³/mol. The van der Waals surface area contributed by atoms with Crippen LogP contribution in [0, 0.1) is 0 Å². The number of rotatable bonds is 10. The van der Waals surface area contributed by atoms with Gasteiger partial charge in [0.15, 0.2) is 0 Å². The van der Waals surface area contributed by atoms with Gasteiger partial charge in [-0.25, -0.2) is 0 Å². The topological polar surface area (TPSA) is 75.7 Å². The van der Waals surface area contributed by atoms with Gasteiger partial charge in [0, 0.05) is 4.88 Å². The first-order valence-electron chi connectivity index (χ1n) is 8.63. The molecule has 9 heteroatoms. The lowest BCUT2D eigenvalue weighted by Gasteiger charge is -2.24. The molecule has 0 spiro atoms. The van der Waals surface area contributed by atoms with Crippen molar-refractivity contribution in [3.8, 4) is 5.75 Å². The molecule has 28 heavy (non-hydrogen) atoms. The third kappa shape index (κ3) is 7.25. The fraction of sp³-hybridized carbons (Fsp3) is 0.474. The molecule has 158 valence electrons. The summed E-state index contributed by atoms with van der Waals surface area (Å²) < 4.78 is 45.5. The van der Waals surface area contributed by atoms with Crippen LogP contribution in [0.1, 0.15) is 28.8 Å². The van der Waals surface area contributed by atoms with E-state index in [0.29, 0.717) is 12.0 Å². The van der Waals surface area contributed by atoms with E-state index < -0.39 is 30.5 Å². The average molecular weight is 440 g/mol. The summed E-state index contributed by atoms with van der Waals surface area (Å²) in [5.41, 5.74) is 4.15. The summed E-state index contributed by atoms with van der Waals surface area (Å²) in [6.07, 6.45) is -2.77. The highest BCUT2D eigenvalue weighted by molar-refractivity contribution is 7.09. The van der Waals surface area contributed by atoms with Gasteiger partial charge in [-0.15, -0.1) is 23.7 Å². The fourth-order valence-electron chi connectivity index (χ4n) is 2.56. The zero-order chi connectivity index (χ0) is 19.9. The molecule has 2 aromatic rings. The van der Waals surface area contributed by atoms with Gasteiger partial charge in [-0.2, -0.15) is 13.2 Å². The van der Waals surface area contributed by atoms with Gasteiger partial charge in [0.25, 0.3) is 0 Å². The molecule has 4 nitrogen and oxygen atoms in total. The van der Waals surface area contributed by atoms with Crippen LogP contribution in [0.5, 0.6) is 5.75 Å². The molecule has 2 rings (SSSR count). The Balaban J connectivity index is 0.00000392. The minimum Gasteiger partial charge on any atom is -0.493 e. The first-order chi connectivity index (χ1) is 12.8. The van der Waals surface area contributed by atoms with Gasteiger partial charge >= 0.3 is 6.18 Å². The largest absolute Gasteiger partial charge is 0.493 e. The Hall–Kier alpha value is -1.32. The zero-order valence-electron chi connectivity index (χ0n) is 15.2. The van der Waals surface area contributed by atoms with E-state index in [9.17, 15) is 23.4 Å². The molecule has 1 aromatic carbocycles. The van der Waals surface area contributed by atoms with E-state index in [1.807, 2.05) is 17.5 Å². The molecule has 0 aliphatic carbocycles. The van der Waals surface area contributed by atoms with Crippen LogP contribution in [0.4, 0.5) is 13.2 Å². The number of halogens is 4. The molecule has 0 aliphatic rings. The van der Waals surface area contributed by atoms with Gasteiger partial charge < -0.3 is 20.7 Å². The predicted octanol–water partition coefficient (Wildman–Crippen LogP) is 3.82. The molecular weight excluding hydrogens is 415 g/mol. The highest BCUT2D eigenvalue weighted by Gasteiger charge is 2.35. The maximum Gasteiger partial charge on any atom is 0.419 e. The molecule has 1 heterocycles. The number of thiophene rings is 1. The molecule has 0 aliphatic heterocycles. The quantitative estimate of drug-likeness (QED) is 0.492. The number of alkyl halides is 3. The summed E-state index contributed by atoms with van der Waals surface area (Å²) in [5, 5.41) is 20.4. The molecule has 0 saturated heterocycles. The maximum absolute atomic E-state index is 13.4. The van der Waals surface area contributed by atoms with Gasteiger partial charge in [0.2, 0.25) is 0 Å². The average Bonchev–Trinajstić information content (AvgIpc) is 3.16. The second-order valence-corrected chi connectivity index (χ2v) is 7.57. The fourth-order valence-corrected chi connectivity index (χ4v) is 3.32. The standard InChI is InChI=1S/C19H24F3NO3S.ClH/c20-19(21,22)16-11-14(7-8-18(23,12-24)13-25)5-6-17(16)26-9-1-3-15-4-2-10-27-15;/h2,4-6,10-11,24-25H,1,3,7-9,12-13,23H2;1H. The van der Waals surface area contributed by atoms with Gasteiger partial charge in [-0.3, -0.25) is 0 Å². The van der Waals surface area contributed by atoms with Crippen LogP contribution in [-0.2, 0) is 19.0 Å². The van der Waals surface area contributed by atoms with Crippen molar-refractivity contribution in [3.05, 3.63) is 51.7 Å². The molecule has 0 radical (unpaired) electrons. The number of benzene rings is 1. The summed E-state index contributed by atoms with van der Waals surface area (Å²) in [7, 11) is 0. The van der Waals surface area contributed by atoms with Crippen LogP contribution in [0.25, 0.3) is 0 Å². The highest BCUT2D eigenvalue weighted by Crippen LogP contribution is 2.37. The van der Waals surface area contributed by atoms with Crippen molar-refractivity contribution in [2.75, 3.05) is 19.8 Å². The van der Waals surface area contributed by atoms with E-state index in [4.69, 9.17) is 10.5 Å². The molecule has 0 fully saturated rings.